The minimum absolute atomic E-state index is 0.193. The largest absolute Gasteiger partial charge is 0.392 e. The van der Waals surface area contributed by atoms with Gasteiger partial charge in [-0.15, -0.1) is 0 Å². The molecule has 0 saturated heterocycles. The predicted molar refractivity (Wildman–Crippen MR) is 48.7 cm³/mol. The van der Waals surface area contributed by atoms with Gasteiger partial charge >= 0.3 is 0 Å². The number of likely N-dealkylation sites (N-methyl/N-ethyl adjacent to an activating group) is 1. The van der Waals surface area contributed by atoms with E-state index in [1.165, 1.54) is 19.3 Å². The summed E-state index contributed by atoms with van der Waals surface area (Å²) in [6.07, 6.45) is 3.62. The van der Waals surface area contributed by atoms with Crippen LogP contribution in [0.1, 0.15) is 33.1 Å². The number of aliphatic hydroxyl groups is 1. The summed E-state index contributed by atoms with van der Waals surface area (Å²) >= 11 is 0. The summed E-state index contributed by atoms with van der Waals surface area (Å²) in [6.45, 7) is 5.94. The molecule has 0 bridgehead atoms. The molecular weight excluding hydrogens is 138 g/mol. The number of nitrogens with zero attached hydrogens (tertiary/aromatic N) is 1. The van der Waals surface area contributed by atoms with Gasteiger partial charge in [-0.3, -0.25) is 0 Å². The molecule has 0 spiro atoms. The number of hydrogen-bond acceptors (Lipinski definition) is 2. The molecule has 2 nitrogen and oxygen atoms in total. The molecule has 0 heterocycles. The van der Waals surface area contributed by atoms with Crippen molar-refractivity contribution in [3.63, 3.8) is 0 Å². The first-order chi connectivity index (χ1) is 5.16. The summed E-state index contributed by atoms with van der Waals surface area (Å²) in [5, 5.41) is 9.04. The lowest BCUT2D eigenvalue weighted by Gasteiger charge is -2.17. The van der Waals surface area contributed by atoms with Crippen molar-refractivity contribution in [1.82, 2.24) is 4.90 Å². The van der Waals surface area contributed by atoms with Crippen LogP contribution in [0, 0.1) is 0 Å². The molecule has 11 heavy (non-hydrogen) atoms. The van der Waals surface area contributed by atoms with Crippen LogP contribution in [-0.4, -0.2) is 36.2 Å². The maximum atomic E-state index is 9.04. The fourth-order valence-corrected chi connectivity index (χ4v) is 1.17. The Bertz CT molecular complexity index is 83.6. The zero-order chi connectivity index (χ0) is 8.69. The van der Waals surface area contributed by atoms with E-state index in [4.69, 9.17) is 5.11 Å². The topological polar surface area (TPSA) is 23.5 Å². The lowest BCUT2D eigenvalue weighted by Crippen LogP contribution is -2.28. The van der Waals surface area contributed by atoms with E-state index >= 15 is 0 Å². The summed E-state index contributed by atoms with van der Waals surface area (Å²) in [6, 6.07) is 0. The molecule has 1 N–H and O–H groups in total. The zero-order valence-corrected chi connectivity index (χ0v) is 8.01. The molecular formula is C9H21NO. The number of unbranched alkanes of at least 4 members (excludes halogenated alkanes) is 2. The Hall–Kier alpha value is -0.0800. The van der Waals surface area contributed by atoms with Gasteiger partial charge in [0, 0.05) is 6.54 Å². The maximum Gasteiger partial charge on any atom is 0.0638 e. The van der Waals surface area contributed by atoms with Crippen molar-refractivity contribution in [2.45, 2.75) is 39.2 Å². The Morgan fingerprint density at radius 1 is 1.36 bits per heavy atom. The smallest absolute Gasteiger partial charge is 0.0638 e. The average molecular weight is 159 g/mol. The second kappa shape index (κ2) is 6.62. The lowest BCUT2D eigenvalue weighted by atomic mass is 10.2. The molecule has 0 saturated carbocycles. The highest BCUT2D eigenvalue weighted by Gasteiger charge is 2.00. The first kappa shape index (κ1) is 10.9. The molecule has 0 fully saturated rings. The molecule has 0 amide bonds. The third kappa shape index (κ3) is 7.82. The van der Waals surface area contributed by atoms with E-state index < -0.39 is 0 Å². The molecule has 0 unspecified atom stereocenters. The zero-order valence-electron chi connectivity index (χ0n) is 8.01. The summed E-state index contributed by atoms with van der Waals surface area (Å²) in [5.74, 6) is 0. The molecule has 0 aromatic rings. The van der Waals surface area contributed by atoms with Gasteiger partial charge in [-0.25, -0.2) is 0 Å². The van der Waals surface area contributed by atoms with E-state index in [-0.39, 0.29) is 6.10 Å². The Balaban J connectivity index is 3.15. The van der Waals surface area contributed by atoms with Gasteiger partial charge in [0.25, 0.3) is 0 Å². The number of aliphatic hydroxyl groups excluding tert-OH is 1. The van der Waals surface area contributed by atoms with Crippen LogP contribution in [-0.2, 0) is 0 Å². The molecule has 0 aromatic carbocycles. The highest BCUT2D eigenvalue weighted by molar-refractivity contribution is 4.55. The molecule has 68 valence electrons. The standard InChI is InChI=1S/C9H21NO/c1-4-5-6-7-10(3)8-9(2)11/h9,11H,4-8H2,1-3H3/t9-/m1/s1. The third-order valence-electron chi connectivity index (χ3n) is 1.72. The predicted octanol–water partition coefficient (Wildman–Crippen LogP) is 1.49. The Morgan fingerprint density at radius 2 is 2.00 bits per heavy atom. The summed E-state index contributed by atoms with van der Waals surface area (Å²) in [4.78, 5) is 2.18. The summed E-state index contributed by atoms with van der Waals surface area (Å²) in [5.41, 5.74) is 0. The van der Waals surface area contributed by atoms with E-state index in [9.17, 15) is 0 Å². The molecule has 0 aromatic heterocycles. The van der Waals surface area contributed by atoms with E-state index in [0.29, 0.717) is 0 Å². The Kier molecular flexibility index (Phi) is 6.57. The van der Waals surface area contributed by atoms with Crippen molar-refractivity contribution < 1.29 is 5.11 Å². The molecule has 0 aliphatic carbocycles. The highest BCUT2D eigenvalue weighted by Crippen LogP contribution is 1.96. The van der Waals surface area contributed by atoms with Gasteiger partial charge in [0.15, 0.2) is 0 Å². The molecule has 0 aliphatic rings. The van der Waals surface area contributed by atoms with Gasteiger partial charge < -0.3 is 10.0 Å². The van der Waals surface area contributed by atoms with Crippen molar-refractivity contribution in [2.75, 3.05) is 20.1 Å². The second-order valence-electron chi connectivity index (χ2n) is 3.32. The van der Waals surface area contributed by atoms with Crippen LogP contribution in [0.3, 0.4) is 0 Å². The van der Waals surface area contributed by atoms with E-state index in [1.807, 2.05) is 6.92 Å². The van der Waals surface area contributed by atoms with Crippen LogP contribution < -0.4 is 0 Å². The summed E-state index contributed by atoms with van der Waals surface area (Å²) in [7, 11) is 2.06. The van der Waals surface area contributed by atoms with Gasteiger partial charge in [-0.2, -0.15) is 0 Å². The van der Waals surface area contributed by atoms with Gasteiger partial charge in [0.1, 0.15) is 0 Å². The second-order valence-corrected chi connectivity index (χ2v) is 3.32. The minimum atomic E-state index is -0.193. The number of hydrogen-bond donors (Lipinski definition) is 1. The SMILES string of the molecule is CCCCCN(C)C[C@@H](C)O. The van der Waals surface area contributed by atoms with Gasteiger partial charge in [-0.05, 0) is 26.9 Å². The fraction of sp³-hybridized carbons (Fsp3) is 1.00. The van der Waals surface area contributed by atoms with E-state index in [0.717, 1.165) is 13.1 Å². The van der Waals surface area contributed by atoms with E-state index in [1.54, 1.807) is 0 Å². The molecule has 1 atom stereocenters. The molecule has 0 radical (unpaired) electrons. The monoisotopic (exact) mass is 159 g/mol. The fourth-order valence-electron chi connectivity index (χ4n) is 1.17. The first-order valence-corrected chi connectivity index (χ1v) is 4.53. The van der Waals surface area contributed by atoms with Crippen molar-refractivity contribution in [2.24, 2.45) is 0 Å². The van der Waals surface area contributed by atoms with Crippen molar-refractivity contribution in [1.29, 1.82) is 0 Å². The van der Waals surface area contributed by atoms with Crippen LogP contribution in [0.25, 0.3) is 0 Å². The van der Waals surface area contributed by atoms with Crippen LogP contribution in [0.4, 0.5) is 0 Å². The van der Waals surface area contributed by atoms with Crippen LogP contribution in [0.5, 0.6) is 0 Å². The normalized spacial score (nSPS) is 13.9. The Morgan fingerprint density at radius 3 is 2.45 bits per heavy atom. The minimum Gasteiger partial charge on any atom is -0.392 e. The van der Waals surface area contributed by atoms with Crippen LogP contribution in [0.15, 0.2) is 0 Å². The molecule has 2 heteroatoms. The van der Waals surface area contributed by atoms with Gasteiger partial charge in [0.05, 0.1) is 6.10 Å². The summed E-state index contributed by atoms with van der Waals surface area (Å²) < 4.78 is 0. The van der Waals surface area contributed by atoms with E-state index in [2.05, 4.69) is 18.9 Å². The van der Waals surface area contributed by atoms with Crippen molar-refractivity contribution in [3.05, 3.63) is 0 Å². The van der Waals surface area contributed by atoms with Crippen molar-refractivity contribution in [3.8, 4) is 0 Å². The van der Waals surface area contributed by atoms with Crippen LogP contribution >= 0.6 is 0 Å². The Labute approximate surface area is 70.2 Å². The number of rotatable bonds is 6. The molecule has 0 aliphatic heterocycles. The average Bonchev–Trinajstić information content (AvgIpc) is 1.86. The lowest BCUT2D eigenvalue weighted by molar-refractivity contribution is 0.140. The quantitative estimate of drug-likeness (QED) is 0.593. The highest BCUT2D eigenvalue weighted by atomic mass is 16.3. The molecule has 0 rings (SSSR count). The third-order valence-corrected chi connectivity index (χ3v) is 1.72. The van der Waals surface area contributed by atoms with Gasteiger partial charge in [0.2, 0.25) is 0 Å². The first-order valence-electron chi connectivity index (χ1n) is 4.53. The maximum absolute atomic E-state index is 9.04. The van der Waals surface area contributed by atoms with Crippen molar-refractivity contribution >= 4 is 0 Å². The van der Waals surface area contributed by atoms with Gasteiger partial charge in [-0.1, -0.05) is 19.8 Å². The van der Waals surface area contributed by atoms with Crippen LogP contribution in [0.2, 0.25) is 0 Å².